The number of hydrogen-bond acceptors (Lipinski definition) is 6. The van der Waals surface area contributed by atoms with Crippen LogP contribution in [0.4, 0.5) is 5.13 Å². The van der Waals surface area contributed by atoms with E-state index in [4.69, 9.17) is 0 Å². The molecule has 1 aromatic carbocycles. The first-order chi connectivity index (χ1) is 11.1. The van der Waals surface area contributed by atoms with Crippen molar-refractivity contribution in [2.75, 3.05) is 12.4 Å². The van der Waals surface area contributed by atoms with Crippen LogP contribution in [-0.4, -0.2) is 39.1 Å². The Bertz CT molecular complexity index is 805. The van der Waals surface area contributed by atoms with Crippen molar-refractivity contribution in [2.45, 2.75) is 19.5 Å². The molecule has 1 N–H and O–H groups in total. The number of nitrogens with zero attached hydrogens (tertiary/aromatic N) is 4. The summed E-state index contributed by atoms with van der Waals surface area (Å²) in [4.78, 5) is 18.5. The monoisotopic (exact) mass is 327 g/mol. The molecule has 3 aromatic rings. The summed E-state index contributed by atoms with van der Waals surface area (Å²) in [5, 5.41) is 11.9. The van der Waals surface area contributed by atoms with E-state index in [9.17, 15) is 4.79 Å². The van der Waals surface area contributed by atoms with Gasteiger partial charge in [-0.15, -0.1) is 10.2 Å². The van der Waals surface area contributed by atoms with E-state index in [2.05, 4.69) is 26.6 Å². The third-order valence-electron chi connectivity index (χ3n) is 3.73. The third kappa shape index (κ3) is 3.69. The molecule has 0 bridgehead atoms. The molecule has 0 saturated carbocycles. The molecule has 7 heteroatoms. The Hall–Kier alpha value is -2.38. The number of aromatic nitrogens is 3. The molecule has 0 spiro atoms. The fourth-order valence-electron chi connectivity index (χ4n) is 2.29. The van der Waals surface area contributed by atoms with Gasteiger partial charge < -0.3 is 0 Å². The van der Waals surface area contributed by atoms with E-state index in [0.29, 0.717) is 11.7 Å². The first-order valence-electron chi connectivity index (χ1n) is 7.24. The van der Waals surface area contributed by atoms with Crippen molar-refractivity contribution in [1.29, 1.82) is 0 Å². The molecule has 0 radical (unpaired) electrons. The van der Waals surface area contributed by atoms with E-state index in [1.165, 1.54) is 11.3 Å². The highest BCUT2D eigenvalue weighted by molar-refractivity contribution is 7.13. The van der Waals surface area contributed by atoms with Crippen LogP contribution in [-0.2, 0) is 11.3 Å². The summed E-state index contributed by atoms with van der Waals surface area (Å²) in [5.41, 5.74) is 3.71. The van der Waals surface area contributed by atoms with Crippen molar-refractivity contribution in [2.24, 2.45) is 0 Å². The normalized spacial score (nSPS) is 12.5. The summed E-state index contributed by atoms with van der Waals surface area (Å²) in [7, 11) is 1.93. The van der Waals surface area contributed by atoms with Gasteiger partial charge in [0, 0.05) is 18.1 Å². The van der Waals surface area contributed by atoms with E-state index >= 15 is 0 Å². The molecular formula is C16H17N5OS. The maximum Gasteiger partial charge on any atom is 0.243 e. The fraction of sp³-hybridized carbons (Fsp3) is 0.250. The minimum absolute atomic E-state index is 0.0910. The highest BCUT2D eigenvalue weighted by Gasteiger charge is 2.19. The molecule has 0 saturated heterocycles. The van der Waals surface area contributed by atoms with E-state index in [0.717, 1.165) is 16.5 Å². The number of fused-ring (bicyclic) bond motifs is 1. The minimum Gasteiger partial charge on any atom is -0.299 e. The number of pyridine rings is 1. The van der Waals surface area contributed by atoms with Crippen molar-refractivity contribution in [3.05, 3.63) is 47.6 Å². The van der Waals surface area contributed by atoms with Crippen LogP contribution in [0.25, 0.3) is 10.9 Å². The Morgan fingerprint density at radius 2 is 2.26 bits per heavy atom. The quantitative estimate of drug-likeness (QED) is 0.780. The van der Waals surface area contributed by atoms with Crippen molar-refractivity contribution < 1.29 is 4.79 Å². The first kappa shape index (κ1) is 15.5. The summed E-state index contributed by atoms with van der Waals surface area (Å²) in [6.07, 6.45) is 1.79. The van der Waals surface area contributed by atoms with Crippen LogP contribution in [0.1, 0.15) is 12.5 Å². The first-order valence-corrected chi connectivity index (χ1v) is 8.12. The molecule has 0 aliphatic heterocycles. The van der Waals surface area contributed by atoms with Gasteiger partial charge in [0.25, 0.3) is 0 Å². The lowest BCUT2D eigenvalue weighted by atomic mass is 10.1. The van der Waals surface area contributed by atoms with Gasteiger partial charge in [-0.2, -0.15) is 0 Å². The van der Waals surface area contributed by atoms with Gasteiger partial charge in [-0.1, -0.05) is 23.5 Å². The summed E-state index contributed by atoms with van der Waals surface area (Å²) in [5.74, 6) is -0.0910. The van der Waals surface area contributed by atoms with Gasteiger partial charge in [-0.25, -0.2) is 0 Å². The Kier molecular flexibility index (Phi) is 4.59. The maximum atomic E-state index is 12.2. The van der Waals surface area contributed by atoms with E-state index < -0.39 is 0 Å². The van der Waals surface area contributed by atoms with Crippen LogP contribution in [0.3, 0.4) is 0 Å². The second-order valence-electron chi connectivity index (χ2n) is 5.35. The number of benzene rings is 1. The lowest BCUT2D eigenvalue weighted by molar-refractivity contribution is -0.120. The SMILES string of the molecule is CC(C(=O)Nc1nncs1)N(C)Cc1ccc2ncccc2c1. The van der Waals surface area contributed by atoms with Gasteiger partial charge in [0.15, 0.2) is 0 Å². The highest BCUT2D eigenvalue weighted by atomic mass is 32.1. The molecular weight excluding hydrogens is 310 g/mol. The largest absolute Gasteiger partial charge is 0.299 e. The molecule has 1 atom stereocenters. The zero-order valence-corrected chi connectivity index (χ0v) is 13.7. The van der Waals surface area contributed by atoms with Gasteiger partial charge in [0.2, 0.25) is 11.0 Å². The van der Waals surface area contributed by atoms with Crippen molar-refractivity contribution in [3.8, 4) is 0 Å². The fourth-order valence-corrected chi connectivity index (χ4v) is 2.73. The van der Waals surface area contributed by atoms with E-state index in [1.54, 1.807) is 11.7 Å². The number of carbonyl (C=O) groups excluding carboxylic acids is 1. The molecule has 1 unspecified atom stereocenters. The smallest absolute Gasteiger partial charge is 0.243 e. The zero-order valence-electron chi connectivity index (χ0n) is 12.9. The summed E-state index contributed by atoms with van der Waals surface area (Å²) in [6.45, 7) is 2.55. The lowest BCUT2D eigenvalue weighted by Gasteiger charge is -2.23. The number of rotatable bonds is 5. The Morgan fingerprint density at radius 1 is 1.39 bits per heavy atom. The molecule has 2 aromatic heterocycles. The Labute approximate surface area is 138 Å². The van der Waals surface area contributed by atoms with Gasteiger partial charge in [0.1, 0.15) is 5.51 Å². The predicted molar refractivity (Wildman–Crippen MR) is 91.2 cm³/mol. The van der Waals surface area contributed by atoms with Gasteiger partial charge in [-0.05, 0) is 37.7 Å². The van der Waals surface area contributed by atoms with Crippen LogP contribution in [0.5, 0.6) is 0 Å². The average Bonchev–Trinajstić information content (AvgIpc) is 3.07. The standard InChI is InChI=1S/C16H17N5OS/c1-11(15(22)19-16-20-18-10-23-16)21(2)9-12-5-6-14-13(8-12)4-3-7-17-14/h3-8,10-11H,9H2,1-2H3,(H,19,20,22). The minimum atomic E-state index is -0.275. The number of amides is 1. The lowest BCUT2D eigenvalue weighted by Crippen LogP contribution is -2.39. The van der Waals surface area contributed by atoms with Crippen LogP contribution in [0, 0.1) is 0 Å². The molecule has 0 aliphatic rings. The maximum absolute atomic E-state index is 12.2. The topological polar surface area (TPSA) is 71.0 Å². The van der Waals surface area contributed by atoms with E-state index in [-0.39, 0.29) is 11.9 Å². The number of likely N-dealkylation sites (N-methyl/N-ethyl adjacent to an activating group) is 1. The second kappa shape index (κ2) is 6.80. The zero-order chi connectivity index (χ0) is 16.2. The summed E-state index contributed by atoms with van der Waals surface area (Å²) in [6, 6.07) is 9.84. The van der Waals surface area contributed by atoms with Gasteiger partial charge in [-0.3, -0.25) is 20.0 Å². The summed E-state index contributed by atoms with van der Waals surface area (Å²) < 4.78 is 0. The van der Waals surface area contributed by atoms with Crippen LogP contribution in [0.2, 0.25) is 0 Å². The Morgan fingerprint density at radius 3 is 3.04 bits per heavy atom. The molecule has 1 amide bonds. The molecule has 2 heterocycles. The highest BCUT2D eigenvalue weighted by Crippen LogP contribution is 2.16. The molecule has 118 valence electrons. The second-order valence-corrected chi connectivity index (χ2v) is 6.19. The predicted octanol–water partition coefficient (Wildman–Crippen LogP) is 2.55. The Balaban J connectivity index is 1.66. The van der Waals surface area contributed by atoms with Crippen molar-refractivity contribution >= 4 is 33.3 Å². The number of hydrogen-bond donors (Lipinski definition) is 1. The van der Waals surface area contributed by atoms with Crippen LogP contribution in [0.15, 0.2) is 42.0 Å². The number of carbonyl (C=O) groups is 1. The molecule has 23 heavy (non-hydrogen) atoms. The third-order valence-corrected chi connectivity index (χ3v) is 4.34. The number of nitrogens with one attached hydrogen (secondary N) is 1. The molecule has 3 rings (SSSR count). The molecule has 6 nitrogen and oxygen atoms in total. The van der Waals surface area contributed by atoms with Crippen molar-refractivity contribution in [1.82, 2.24) is 20.1 Å². The average molecular weight is 327 g/mol. The van der Waals surface area contributed by atoms with E-state index in [1.807, 2.05) is 43.1 Å². The van der Waals surface area contributed by atoms with Crippen molar-refractivity contribution in [3.63, 3.8) is 0 Å². The van der Waals surface area contributed by atoms with Gasteiger partial charge in [0.05, 0.1) is 11.6 Å². The van der Waals surface area contributed by atoms with Gasteiger partial charge >= 0.3 is 0 Å². The number of anilines is 1. The van der Waals surface area contributed by atoms with Crippen LogP contribution >= 0.6 is 11.3 Å². The molecule has 0 aliphatic carbocycles. The summed E-state index contributed by atoms with van der Waals surface area (Å²) >= 11 is 1.31. The molecule has 0 fully saturated rings. The van der Waals surface area contributed by atoms with Crippen LogP contribution < -0.4 is 5.32 Å².